The number of nitrogens with zero attached hydrogens (tertiary/aromatic N) is 3. The van der Waals surface area contributed by atoms with Gasteiger partial charge in [-0.2, -0.15) is 5.26 Å². The van der Waals surface area contributed by atoms with E-state index in [0.29, 0.717) is 11.7 Å². The minimum Gasteiger partial charge on any atom is -0.312 e. The monoisotopic (exact) mass is 216 g/mol. The molecule has 0 radical (unpaired) electrons. The summed E-state index contributed by atoms with van der Waals surface area (Å²) in [5, 5.41) is 12.4. The minimum absolute atomic E-state index is 0.524. The van der Waals surface area contributed by atoms with E-state index in [2.05, 4.69) is 28.2 Å². The normalized spacial score (nSPS) is 21.6. The Hall–Kier alpha value is -1.44. The Morgan fingerprint density at radius 3 is 3.31 bits per heavy atom. The van der Waals surface area contributed by atoms with Crippen LogP contribution in [-0.4, -0.2) is 35.6 Å². The van der Waals surface area contributed by atoms with Gasteiger partial charge in [-0.1, -0.05) is 6.07 Å². The van der Waals surface area contributed by atoms with Crippen molar-refractivity contribution < 1.29 is 0 Å². The summed E-state index contributed by atoms with van der Waals surface area (Å²) in [5.41, 5.74) is 1.58. The molecule has 0 amide bonds. The van der Waals surface area contributed by atoms with Gasteiger partial charge in [-0.3, -0.25) is 4.90 Å². The van der Waals surface area contributed by atoms with E-state index >= 15 is 0 Å². The van der Waals surface area contributed by atoms with Crippen molar-refractivity contribution in [2.75, 3.05) is 19.6 Å². The van der Waals surface area contributed by atoms with Crippen LogP contribution in [0.25, 0.3) is 0 Å². The van der Waals surface area contributed by atoms with Crippen LogP contribution in [0.2, 0.25) is 0 Å². The second kappa shape index (κ2) is 5.06. The standard InChI is InChI=1S/C12H16N4/c1-10-8-16(6-5-14-10)9-11-3-2-4-15-12(11)7-13/h2-4,10,14H,5-6,8-9H2,1H3. The van der Waals surface area contributed by atoms with Crippen LogP contribution in [-0.2, 0) is 6.54 Å². The van der Waals surface area contributed by atoms with Crippen molar-refractivity contribution in [1.82, 2.24) is 15.2 Å². The number of rotatable bonds is 2. The Kier molecular flexibility index (Phi) is 3.50. The molecule has 1 N–H and O–H groups in total. The van der Waals surface area contributed by atoms with Crippen molar-refractivity contribution in [3.8, 4) is 6.07 Å². The fourth-order valence-corrected chi connectivity index (χ4v) is 2.06. The van der Waals surface area contributed by atoms with Gasteiger partial charge in [0.1, 0.15) is 11.8 Å². The molecule has 1 fully saturated rings. The highest BCUT2D eigenvalue weighted by Gasteiger charge is 2.16. The maximum Gasteiger partial charge on any atom is 0.144 e. The Morgan fingerprint density at radius 2 is 2.56 bits per heavy atom. The molecule has 0 bridgehead atoms. The van der Waals surface area contributed by atoms with Gasteiger partial charge in [-0.15, -0.1) is 0 Å². The maximum atomic E-state index is 8.96. The highest BCUT2D eigenvalue weighted by atomic mass is 15.2. The van der Waals surface area contributed by atoms with Crippen LogP contribution in [0.5, 0.6) is 0 Å². The Morgan fingerprint density at radius 1 is 1.69 bits per heavy atom. The third kappa shape index (κ3) is 2.57. The van der Waals surface area contributed by atoms with Gasteiger partial charge in [0.25, 0.3) is 0 Å². The van der Waals surface area contributed by atoms with Crippen LogP contribution in [0.4, 0.5) is 0 Å². The summed E-state index contributed by atoms with van der Waals surface area (Å²) < 4.78 is 0. The maximum absolute atomic E-state index is 8.96. The number of pyridine rings is 1. The topological polar surface area (TPSA) is 52.0 Å². The number of hydrogen-bond acceptors (Lipinski definition) is 4. The second-order valence-corrected chi connectivity index (χ2v) is 4.21. The molecule has 0 spiro atoms. The summed E-state index contributed by atoms with van der Waals surface area (Å²) in [5.74, 6) is 0. The SMILES string of the molecule is CC1CN(Cc2cccnc2C#N)CCN1. The fourth-order valence-electron chi connectivity index (χ4n) is 2.06. The predicted molar refractivity (Wildman–Crippen MR) is 61.7 cm³/mol. The van der Waals surface area contributed by atoms with Crippen LogP contribution in [0.3, 0.4) is 0 Å². The zero-order valence-electron chi connectivity index (χ0n) is 9.48. The van der Waals surface area contributed by atoms with Crippen molar-refractivity contribution in [2.45, 2.75) is 19.5 Å². The van der Waals surface area contributed by atoms with E-state index in [9.17, 15) is 0 Å². The fraction of sp³-hybridized carbons (Fsp3) is 0.500. The molecular weight excluding hydrogens is 200 g/mol. The molecule has 1 aromatic heterocycles. The summed E-state index contributed by atoms with van der Waals surface area (Å²) in [4.78, 5) is 6.44. The molecule has 1 aliphatic heterocycles. The zero-order valence-corrected chi connectivity index (χ0v) is 9.48. The first-order valence-corrected chi connectivity index (χ1v) is 5.59. The smallest absolute Gasteiger partial charge is 0.144 e. The van der Waals surface area contributed by atoms with Crippen molar-refractivity contribution in [1.29, 1.82) is 5.26 Å². The second-order valence-electron chi connectivity index (χ2n) is 4.21. The Labute approximate surface area is 95.9 Å². The molecule has 1 atom stereocenters. The van der Waals surface area contributed by atoms with Crippen LogP contribution in [0.15, 0.2) is 18.3 Å². The molecule has 16 heavy (non-hydrogen) atoms. The van der Waals surface area contributed by atoms with Crippen molar-refractivity contribution in [3.63, 3.8) is 0 Å². The number of nitriles is 1. The largest absolute Gasteiger partial charge is 0.312 e. The molecule has 0 saturated carbocycles. The molecule has 0 aliphatic carbocycles. The van der Waals surface area contributed by atoms with Crippen LogP contribution >= 0.6 is 0 Å². The number of aromatic nitrogens is 1. The Balaban J connectivity index is 2.06. The van der Waals surface area contributed by atoms with Gasteiger partial charge in [0, 0.05) is 44.0 Å². The lowest BCUT2D eigenvalue weighted by Crippen LogP contribution is -2.48. The van der Waals surface area contributed by atoms with Crippen molar-refractivity contribution in [3.05, 3.63) is 29.6 Å². The number of piperazine rings is 1. The third-order valence-corrected chi connectivity index (χ3v) is 2.84. The average Bonchev–Trinajstić information content (AvgIpc) is 2.30. The summed E-state index contributed by atoms with van der Waals surface area (Å²) >= 11 is 0. The first kappa shape index (κ1) is 11.1. The van der Waals surface area contributed by atoms with Gasteiger partial charge in [0.2, 0.25) is 0 Å². The Bertz CT molecular complexity index is 396. The molecule has 2 heterocycles. The predicted octanol–water partition coefficient (Wildman–Crippen LogP) is 0.747. The first-order chi connectivity index (χ1) is 7.79. The molecule has 2 rings (SSSR count). The molecular formula is C12H16N4. The van der Waals surface area contributed by atoms with Crippen LogP contribution in [0.1, 0.15) is 18.2 Å². The molecule has 4 nitrogen and oxygen atoms in total. The van der Waals surface area contributed by atoms with E-state index in [1.807, 2.05) is 12.1 Å². The third-order valence-electron chi connectivity index (χ3n) is 2.84. The number of hydrogen-bond donors (Lipinski definition) is 1. The van der Waals surface area contributed by atoms with E-state index in [0.717, 1.165) is 31.7 Å². The van der Waals surface area contributed by atoms with E-state index < -0.39 is 0 Å². The van der Waals surface area contributed by atoms with E-state index in [1.54, 1.807) is 6.20 Å². The van der Waals surface area contributed by atoms with Crippen molar-refractivity contribution >= 4 is 0 Å². The highest BCUT2D eigenvalue weighted by Crippen LogP contribution is 2.10. The van der Waals surface area contributed by atoms with Crippen LogP contribution < -0.4 is 5.32 Å². The first-order valence-electron chi connectivity index (χ1n) is 5.59. The minimum atomic E-state index is 0.524. The lowest BCUT2D eigenvalue weighted by atomic mass is 10.1. The van der Waals surface area contributed by atoms with Gasteiger partial charge < -0.3 is 5.32 Å². The highest BCUT2D eigenvalue weighted by molar-refractivity contribution is 5.30. The average molecular weight is 216 g/mol. The van der Waals surface area contributed by atoms with E-state index in [4.69, 9.17) is 5.26 Å². The van der Waals surface area contributed by atoms with E-state index in [-0.39, 0.29) is 0 Å². The summed E-state index contributed by atoms with van der Waals surface area (Å²) in [7, 11) is 0. The van der Waals surface area contributed by atoms with E-state index in [1.165, 1.54) is 0 Å². The molecule has 1 saturated heterocycles. The summed E-state index contributed by atoms with van der Waals surface area (Å²) in [6.07, 6.45) is 1.67. The van der Waals surface area contributed by atoms with Gasteiger partial charge in [-0.05, 0) is 13.0 Å². The molecule has 1 aromatic rings. The quantitative estimate of drug-likeness (QED) is 0.792. The molecule has 1 aliphatic rings. The lowest BCUT2D eigenvalue weighted by Gasteiger charge is -2.31. The van der Waals surface area contributed by atoms with Gasteiger partial charge in [0.05, 0.1) is 0 Å². The lowest BCUT2D eigenvalue weighted by molar-refractivity contribution is 0.199. The summed E-state index contributed by atoms with van der Waals surface area (Å²) in [6.45, 7) is 6.08. The molecule has 84 valence electrons. The molecule has 0 aromatic carbocycles. The molecule has 4 heteroatoms. The molecule has 1 unspecified atom stereocenters. The van der Waals surface area contributed by atoms with Crippen molar-refractivity contribution in [2.24, 2.45) is 0 Å². The van der Waals surface area contributed by atoms with Crippen LogP contribution in [0, 0.1) is 11.3 Å². The van der Waals surface area contributed by atoms with Gasteiger partial charge in [0.15, 0.2) is 0 Å². The number of nitrogens with one attached hydrogen (secondary N) is 1. The van der Waals surface area contributed by atoms with Gasteiger partial charge in [-0.25, -0.2) is 4.98 Å². The zero-order chi connectivity index (χ0) is 11.4. The summed E-state index contributed by atoms with van der Waals surface area (Å²) in [6, 6.07) is 6.54. The van der Waals surface area contributed by atoms with Gasteiger partial charge >= 0.3 is 0 Å².